The standard InChI is InChI=1S/C27H32N6OS/c1-31-12-19-14-32(15-20(19)13-31)11-17-8-9-18(23(10-17)34-2)16-33-25-21-6-4-5-7-22(21)29-26(28)24(25)30-27(33)35-3/h4-10,19-20H,11-16H2,1-3H3,(H2,28,29)/t19-,20+. The lowest BCUT2D eigenvalue weighted by Gasteiger charge is -2.20. The van der Waals surface area contributed by atoms with Gasteiger partial charge < -0.3 is 19.9 Å². The third-order valence-corrected chi connectivity index (χ3v) is 8.27. The minimum Gasteiger partial charge on any atom is -0.496 e. The zero-order chi connectivity index (χ0) is 24.1. The predicted octanol–water partition coefficient (Wildman–Crippen LogP) is 3.94. The molecule has 2 N–H and O–H groups in total. The van der Waals surface area contributed by atoms with Crippen molar-refractivity contribution >= 4 is 39.5 Å². The summed E-state index contributed by atoms with van der Waals surface area (Å²) in [6.07, 6.45) is 2.05. The molecule has 2 aromatic carbocycles. The van der Waals surface area contributed by atoms with Crippen molar-refractivity contribution in [2.75, 3.05) is 52.3 Å². The Kier molecular flexibility index (Phi) is 5.82. The lowest BCUT2D eigenvalue weighted by molar-refractivity contribution is 0.272. The van der Waals surface area contributed by atoms with E-state index in [1.165, 1.54) is 31.7 Å². The molecule has 4 heterocycles. The van der Waals surface area contributed by atoms with Crippen molar-refractivity contribution in [3.05, 3.63) is 53.6 Å². The van der Waals surface area contributed by atoms with Crippen molar-refractivity contribution in [3.63, 3.8) is 0 Å². The Morgan fingerprint density at radius 3 is 2.54 bits per heavy atom. The lowest BCUT2D eigenvalue weighted by Crippen LogP contribution is -2.26. The highest BCUT2D eigenvalue weighted by Gasteiger charge is 2.38. The van der Waals surface area contributed by atoms with Gasteiger partial charge in [-0.25, -0.2) is 9.97 Å². The van der Waals surface area contributed by atoms with E-state index in [1.807, 2.05) is 24.5 Å². The summed E-state index contributed by atoms with van der Waals surface area (Å²) in [5.41, 5.74) is 11.4. The maximum atomic E-state index is 6.32. The summed E-state index contributed by atoms with van der Waals surface area (Å²) >= 11 is 1.62. The number of hydrogen-bond donors (Lipinski definition) is 1. The Labute approximate surface area is 210 Å². The number of likely N-dealkylation sites (tertiary alicyclic amines) is 2. The van der Waals surface area contributed by atoms with Gasteiger partial charge in [0.15, 0.2) is 11.0 Å². The van der Waals surface area contributed by atoms with Crippen LogP contribution in [0.3, 0.4) is 0 Å². The van der Waals surface area contributed by atoms with Crippen LogP contribution in [0.5, 0.6) is 5.75 Å². The topological polar surface area (TPSA) is 72.4 Å². The van der Waals surface area contributed by atoms with Gasteiger partial charge in [-0.05, 0) is 42.8 Å². The normalized spacial score (nSPS) is 20.8. The van der Waals surface area contributed by atoms with E-state index in [0.29, 0.717) is 12.4 Å². The maximum absolute atomic E-state index is 6.32. The maximum Gasteiger partial charge on any atom is 0.169 e. The molecule has 0 saturated carbocycles. The number of ether oxygens (including phenoxy) is 1. The molecule has 0 bridgehead atoms. The van der Waals surface area contributed by atoms with Crippen LogP contribution < -0.4 is 10.5 Å². The number of hydrogen-bond acceptors (Lipinski definition) is 7. The Balaban J connectivity index is 1.32. The molecule has 8 heteroatoms. The quantitative estimate of drug-likeness (QED) is 0.412. The van der Waals surface area contributed by atoms with E-state index in [0.717, 1.165) is 56.8 Å². The number of aromatic nitrogens is 3. The van der Waals surface area contributed by atoms with Gasteiger partial charge in [0.2, 0.25) is 0 Å². The number of nitrogens with two attached hydrogens (primary N) is 1. The lowest BCUT2D eigenvalue weighted by atomic mass is 10.0. The van der Waals surface area contributed by atoms with Crippen LogP contribution in [-0.4, -0.2) is 70.9 Å². The molecule has 0 unspecified atom stereocenters. The van der Waals surface area contributed by atoms with E-state index in [-0.39, 0.29) is 0 Å². The largest absolute Gasteiger partial charge is 0.496 e. The van der Waals surface area contributed by atoms with Gasteiger partial charge in [0.05, 0.1) is 24.7 Å². The second-order valence-electron chi connectivity index (χ2n) is 9.98. The van der Waals surface area contributed by atoms with E-state index in [1.54, 1.807) is 18.9 Å². The average molecular weight is 489 g/mol. The highest BCUT2D eigenvalue weighted by Crippen LogP contribution is 2.34. The summed E-state index contributed by atoms with van der Waals surface area (Å²) in [6, 6.07) is 14.8. The molecule has 2 aliphatic heterocycles. The van der Waals surface area contributed by atoms with Gasteiger partial charge in [0.25, 0.3) is 0 Å². The number of methoxy groups -OCH3 is 1. The Morgan fingerprint density at radius 2 is 1.80 bits per heavy atom. The fraction of sp³-hybridized carbons (Fsp3) is 0.407. The van der Waals surface area contributed by atoms with Gasteiger partial charge >= 0.3 is 0 Å². The monoisotopic (exact) mass is 488 g/mol. The van der Waals surface area contributed by atoms with E-state index >= 15 is 0 Å². The van der Waals surface area contributed by atoms with Gasteiger partial charge in [0.1, 0.15) is 11.3 Å². The number of fused-ring (bicyclic) bond motifs is 4. The first-order chi connectivity index (χ1) is 17.0. The van der Waals surface area contributed by atoms with Crippen molar-refractivity contribution in [3.8, 4) is 5.75 Å². The molecule has 0 amide bonds. The molecular formula is C27H32N6OS. The molecule has 35 heavy (non-hydrogen) atoms. The Hall–Kier alpha value is -2.81. The summed E-state index contributed by atoms with van der Waals surface area (Å²) in [4.78, 5) is 14.5. The third kappa shape index (κ3) is 4.03. The number of pyridine rings is 1. The highest BCUT2D eigenvalue weighted by molar-refractivity contribution is 7.98. The molecule has 2 aliphatic rings. The molecule has 4 aromatic rings. The molecule has 2 fully saturated rings. The van der Waals surface area contributed by atoms with Crippen LogP contribution in [0, 0.1) is 11.8 Å². The number of nitrogens with zero attached hydrogens (tertiary/aromatic N) is 5. The number of rotatable bonds is 6. The fourth-order valence-corrected chi connectivity index (χ4v) is 6.60. The number of thioether (sulfide) groups is 1. The number of nitrogen functional groups attached to an aromatic ring is 1. The summed E-state index contributed by atoms with van der Waals surface area (Å²) in [5, 5.41) is 1.98. The minimum atomic E-state index is 0.469. The molecule has 0 spiro atoms. The van der Waals surface area contributed by atoms with E-state index in [9.17, 15) is 0 Å². The summed E-state index contributed by atoms with van der Waals surface area (Å²) in [7, 11) is 4.00. The summed E-state index contributed by atoms with van der Waals surface area (Å²) in [6.45, 7) is 6.48. The average Bonchev–Trinajstić information content (AvgIpc) is 3.51. The molecule has 2 aromatic heterocycles. The Morgan fingerprint density at radius 1 is 1.03 bits per heavy atom. The van der Waals surface area contributed by atoms with Crippen LogP contribution in [0.25, 0.3) is 21.9 Å². The number of para-hydroxylation sites is 1. The first kappa shape index (κ1) is 22.6. The van der Waals surface area contributed by atoms with E-state index in [4.69, 9.17) is 15.5 Å². The van der Waals surface area contributed by atoms with Crippen molar-refractivity contribution in [1.29, 1.82) is 0 Å². The first-order valence-electron chi connectivity index (χ1n) is 12.2. The molecule has 0 radical (unpaired) electrons. The molecule has 2 saturated heterocycles. The van der Waals surface area contributed by atoms with Crippen molar-refractivity contribution in [2.24, 2.45) is 11.8 Å². The fourth-order valence-electron chi connectivity index (χ4n) is 6.04. The van der Waals surface area contributed by atoms with Crippen molar-refractivity contribution in [2.45, 2.75) is 18.2 Å². The van der Waals surface area contributed by atoms with Gasteiger partial charge in [-0.15, -0.1) is 0 Å². The Bertz CT molecular complexity index is 1390. The number of anilines is 1. The van der Waals surface area contributed by atoms with E-state index < -0.39 is 0 Å². The zero-order valence-electron chi connectivity index (χ0n) is 20.6. The molecule has 0 aliphatic carbocycles. The third-order valence-electron chi connectivity index (χ3n) is 7.59. The number of benzene rings is 2. The predicted molar refractivity (Wildman–Crippen MR) is 143 cm³/mol. The van der Waals surface area contributed by atoms with Gasteiger partial charge in [-0.3, -0.25) is 4.90 Å². The summed E-state index contributed by atoms with van der Waals surface area (Å²) in [5.74, 6) is 3.02. The molecule has 2 atom stereocenters. The molecule has 182 valence electrons. The molecule has 6 rings (SSSR count). The highest BCUT2D eigenvalue weighted by atomic mass is 32.2. The minimum absolute atomic E-state index is 0.469. The van der Waals surface area contributed by atoms with E-state index in [2.05, 4.69) is 50.7 Å². The smallest absolute Gasteiger partial charge is 0.169 e. The van der Waals surface area contributed by atoms with Crippen molar-refractivity contribution in [1.82, 2.24) is 24.3 Å². The van der Waals surface area contributed by atoms with Crippen LogP contribution in [-0.2, 0) is 13.1 Å². The van der Waals surface area contributed by atoms with Gasteiger partial charge in [0, 0.05) is 43.7 Å². The SMILES string of the molecule is COc1cc(CN2C[C@H]3CN(C)C[C@H]3C2)ccc1Cn1c(SC)nc2c(N)nc3ccccc3c21. The van der Waals surface area contributed by atoms with Crippen molar-refractivity contribution < 1.29 is 4.74 Å². The zero-order valence-corrected chi connectivity index (χ0v) is 21.4. The van der Waals surface area contributed by atoms with Crippen LogP contribution in [0.4, 0.5) is 5.82 Å². The van der Waals surface area contributed by atoms with Crippen LogP contribution in [0.1, 0.15) is 11.1 Å². The van der Waals surface area contributed by atoms with Crippen LogP contribution >= 0.6 is 11.8 Å². The number of imidazole rings is 1. The van der Waals surface area contributed by atoms with Crippen LogP contribution in [0.2, 0.25) is 0 Å². The first-order valence-corrected chi connectivity index (χ1v) is 13.4. The van der Waals surface area contributed by atoms with Gasteiger partial charge in [-0.1, -0.05) is 42.1 Å². The molecular weight excluding hydrogens is 456 g/mol. The van der Waals surface area contributed by atoms with Crippen LogP contribution in [0.15, 0.2) is 47.6 Å². The van der Waals surface area contributed by atoms with Gasteiger partial charge in [-0.2, -0.15) is 0 Å². The second kappa shape index (κ2) is 9.00. The second-order valence-corrected chi connectivity index (χ2v) is 10.8. The summed E-state index contributed by atoms with van der Waals surface area (Å²) < 4.78 is 8.13. The molecule has 7 nitrogen and oxygen atoms in total.